The Kier molecular flexibility index (Phi) is 6.48. The van der Waals surface area contributed by atoms with Crippen LogP contribution in [-0.2, 0) is 16.0 Å². The van der Waals surface area contributed by atoms with Crippen LogP contribution in [0.15, 0.2) is 22.6 Å². The van der Waals surface area contributed by atoms with Gasteiger partial charge in [0.05, 0.1) is 26.9 Å². The number of morpholine rings is 1. The molecule has 1 aliphatic heterocycles. The lowest BCUT2D eigenvalue weighted by atomic mass is 10.1. The molecule has 0 radical (unpaired) electrons. The van der Waals surface area contributed by atoms with Crippen LogP contribution in [0.4, 0.5) is 0 Å². The SMILES string of the molecule is CCOC(=O)c1c(C[NH+]2CCOCC2)oc2ccc(OC)cc12.[Cl-]. The third-order valence-electron chi connectivity index (χ3n) is 4.06. The molecule has 24 heavy (non-hydrogen) atoms. The van der Waals surface area contributed by atoms with Crippen LogP contribution in [0.2, 0.25) is 0 Å². The Hall–Kier alpha value is -1.76. The highest BCUT2D eigenvalue weighted by Gasteiger charge is 2.26. The van der Waals surface area contributed by atoms with Crippen LogP contribution in [0.1, 0.15) is 23.0 Å². The average molecular weight is 356 g/mol. The molecule has 2 heterocycles. The molecule has 0 saturated carbocycles. The number of fused-ring (bicyclic) bond motifs is 1. The fraction of sp³-hybridized carbons (Fsp3) is 0.471. The topological polar surface area (TPSA) is 62.3 Å². The summed E-state index contributed by atoms with van der Waals surface area (Å²) in [6.45, 7) is 6.06. The van der Waals surface area contributed by atoms with Gasteiger partial charge >= 0.3 is 5.97 Å². The predicted octanol–water partition coefficient (Wildman–Crippen LogP) is -1.96. The normalized spacial score (nSPS) is 15.1. The van der Waals surface area contributed by atoms with Gasteiger partial charge in [0.15, 0.2) is 5.76 Å². The maximum Gasteiger partial charge on any atom is 0.342 e. The fourth-order valence-electron chi connectivity index (χ4n) is 2.87. The molecule has 3 rings (SSSR count). The number of benzene rings is 1. The number of hydrogen-bond donors (Lipinski definition) is 1. The van der Waals surface area contributed by atoms with Crippen molar-refractivity contribution in [2.75, 3.05) is 40.0 Å². The van der Waals surface area contributed by atoms with Gasteiger partial charge in [-0.1, -0.05) is 0 Å². The van der Waals surface area contributed by atoms with Crippen molar-refractivity contribution in [3.63, 3.8) is 0 Å². The summed E-state index contributed by atoms with van der Waals surface area (Å²) in [5.74, 6) is 1.01. The van der Waals surface area contributed by atoms with Crippen molar-refractivity contribution in [1.82, 2.24) is 0 Å². The number of furan rings is 1. The maximum absolute atomic E-state index is 12.4. The molecule has 0 bridgehead atoms. The molecule has 6 nitrogen and oxygen atoms in total. The minimum absolute atomic E-state index is 0. The molecule has 0 amide bonds. The molecule has 2 aromatic rings. The van der Waals surface area contributed by atoms with Gasteiger partial charge in [-0.15, -0.1) is 0 Å². The number of rotatable bonds is 5. The van der Waals surface area contributed by atoms with Crippen molar-refractivity contribution in [2.24, 2.45) is 0 Å². The highest BCUT2D eigenvalue weighted by molar-refractivity contribution is 6.04. The maximum atomic E-state index is 12.4. The van der Waals surface area contributed by atoms with Gasteiger partial charge in [0.25, 0.3) is 0 Å². The minimum Gasteiger partial charge on any atom is -1.00 e. The summed E-state index contributed by atoms with van der Waals surface area (Å²) in [7, 11) is 1.60. The Labute approximate surface area is 147 Å². The van der Waals surface area contributed by atoms with E-state index in [0.717, 1.165) is 31.7 Å². The number of carbonyl (C=O) groups excluding carboxylic acids is 1. The Morgan fingerprint density at radius 1 is 1.29 bits per heavy atom. The van der Waals surface area contributed by atoms with Gasteiger partial charge in [-0.25, -0.2) is 4.79 Å². The highest BCUT2D eigenvalue weighted by Crippen LogP contribution is 2.29. The van der Waals surface area contributed by atoms with Gasteiger partial charge in [-0.3, -0.25) is 0 Å². The van der Waals surface area contributed by atoms with Gasteiger partial charge in [-0.2, -0.15) is 0 Å². The number of nitrogens with one attached hydrogen (secondary N) is 1. The summed E-state index contributed by atoms with van der Waals surface area (Å²) in [5, 5.41) is 0.741. The molecule has 1 fully saturated rings. The first kappa shape index (κ1) is 18.6. The number of hydrogen-bond acceptors (Lipinski definition) is 5. The lowest BCUT2D eigenvalue weighted by Crippen LogP contribution is -3.12. The third-order valence-corrected chi connectivity index (χ3v) is 4.06. The molecule has 1 aromatic carbocycles. The van der Waals surface area contributed by atoms with E-state index in [4.69, 9.17) is 18.6 Å². The van der Waals surface area contributed by atoms with Gasteiger partial charge in [0, 0.05) is 5.39 Å². The number of esters is 1. The van der Waals surface area contributed by atoms with E-state index in [1.165, 1.54) is 4.90 Å². The molecule has 0 unspecified atom stereocenters. The summed E-state index contributed by atoms with van der Waals surface area (Å²) in [5.41, 5.74) is 1.19. The van der Waals surface area contributed by atoms with E-state index < -0.39 is 0 Å². The predicted molar refractivity (Wildman–Crippen MR) is 83.9 cm³/mol. The summed E-state index contributed by atoms with van der Waals surface area (Å²) in [6, 6.07) is 5.48. The Morgan fingerprint density at radius 2 is 2.04 bits per heavy atom. The Bertz CT molecular complexity index is 694. The first-order valence-electron chi connectivity index (χ1n) is 7.90. The van der Waals surface area contributed by atoms with Crippen molar-refractivity contribution >= 4 is 16.9 Å². The first-order chi connectivity index (χ1) is 11.2. The van der Waals surface area contributed by atoms with Crippen molar-refractivity contribution in [1.29, 1.82) is 0 Å². The van der Waals surface area contributed by atoms with Crippen molar-refractivity contribution in [3.8, 4) is 5.75 Å². The van der Waals surface area contributed by atoms with Crippen LogP contribution in [0.5, 0.6) is 5.75 Å². The van der Waals surface area contributed by atoms with Crippen molar-refractivity contribution < 1.29 is 40.7 Å². The second kappa shape index (κ2) is 8.37. The number of halogens is 1. The molecule has 132 valence electrons. The summed E-state index contributed by atoms with van der Waals surface area (Å²) in [4.78, 5) is 13.8. The van der Waals surface area contributed by atoms with Gasteiger partial charge in [0.2, 0.25) is 0 Å². The molecular weight excluding hydrogens is 334 g/mol. The summed E-state index contributed by atoms with van der Waals surface area (Å²) in [6.07, 6.45) is 0. The molecule has 1 aliphatic rings. The number of carbonyl (C=O) groups is 1. The number of ether oxygens (including phenoxy) is 3. The van der Waals surface area contributed by atoms with Crippen molar-refractivity contribution in [2.45, 2.75) is 13.5 Å². The smallest absolute Gasteiger partial charge is 0.342 e. The van der Waals surface area contributed by atoms with E-state index in [0.29, 0.717) is 35.8 Å². The number of methoxy groups -OCH3 is 1. The summed E-state index contributed by atoms with van der Waals surface area (Å²) >= 11 is 0. The zero-order chi connectivity index (χ0) is 16.2. The lowest BCUT2D eigenvalue weighted by molar-refractivity contribution is -0.922. The van der Waals surface area contributed by atoms with Crippen LogP contribution in [0.3, 0.4) is 0 Å². The monoisotopic (exact) mass is 355 g/mol. The molecule has 1 aromatic heterocycles. The molecular formula is C17H22ClNO5. The lowest BCUT2D eigenvalue weighted by Gasteiger charge is -2.23. The zero-order valence-electron chi connectivity index (χ0n) is 13.9. The van der Waals surface area contributed by atoms with E-state index in [1.807, 2.05) is 18.2 Å². The Balaban J connectivity index is 0.00000208. The third kappa shape index (κ3) is 3.83. The Morgan fingerprint density at radius 3 is 2.71 bits per heavy atom. The van der Waals surface area contributed by atoms with E-state index in [1.54, 1.807) is 14.0 Å². The van der Waals surface area contributed by atoms with Crippen LogP contribution in [-0.4, -0.2) is 46.0 Å². The van der Waals surface area contributed by atoms with Crippen molar-refractivity contribution in [3.05, 3.63) is 29.5 Å². The number of quaternary nitrogens is 1. The molecule has 0 aliphatic carbocycles. The molecule has 1 saturated heterocycles. The van der Waals surface area contributed by atoms with Crippen LogP contribution >= 0.6 is 0 Å². The van der Waals surface area contributed by atoms with E-state index >= 15 is 0 Å². The second-order valence-corrected chi connectivity index (χ2v) is 5.52. The van der Waals surface area contributed by atoms with Gasteiger partial charge in [-0.05, 0) is 25.1 Å². The zero-order valence-corrected chi connectivity index (χ0v) is 14.6. The average Bonchev–Trinajstić information content (AvgIpc) is 2.92. The molecule has 7 heteroatoms. The molecule has 0 spiro atoms. The van der Waals surface area contributed by atoms with Crippen LogP contribution in [0.25, 0.3) is 11.0 Å². The van der Waals surface area contributed by atoms with E-state index in [-0.39, 0.29) is 18.4 Å². The van der Waals surface area contributed by atoms with Crippen LogP contribution in [0, 0.1) is 0 Å². The highest BCUT2D eigenvalue weighted by atomic mass is 35.5. The summed E-state index contributed by atoms with van der Waals surface area (Å²) < 4.78 is 21.8. The minimum atomic E-state index is -0.345. The molecule has 1 N–H and O–H groups in total. The first-order valence-corrected chi connectivity index (χ1v) is 7.90. The van der Waals surface area contributed by atoms with Crippen LogP contribution < -0.4 is 22.0 Å². The largest absolute Gasteiger partial charge is 1.00 e. The second-order valence-electron chi connectivity index (χ2n) is 5.52. The van der Waals surface area contributed by atoms with Gasteiger partial charge < -0.3 is 35.9 Å². The van der Waals surface area contributed by atoms with Gasteiger partial charge in [0.1, 0.15) is 36.5 Å². The van der Waals surface area contributed by atoms with E-state index in [9.17, 15) is 4.79 Å². The fourth-order valence-corrected chi connectivity index (χ4v) is 2.87. The molecule has 0 atom stereocenters. The van der Waals surface area contributed by atoms with E-state index in [2.05, 4.69) is 0 Å². The standard InChI is InChI=1S/C17H21NO5.ClH/c1-3-22-17(19)16-13-10-12(20-2)4-5-14(13)23-15(16)11-18-6-8-21-9-7-18;/h4-5,10H,3,6-9,11H2,1-2H3;1H. The quantitative estimate of drug-likeness (QED) is 0.631.